The van der Waals surface area contributed by atoms with Crippen LogP contribution in [0.1, 0.15) is 26.7 Å². The molecule has 2 rings (SSSR count). The lowest BCUT2D eigenvalue weighted by molar-refractivity contribution is 0.104. The van der Waals surface area contributed by atoms with Crippen molar-refractivity contribution in [2.75, 3.05) is 18.5 Å². The third kappa shape index (κ3) is 6.32. The minimum absolute atomic E-state index is 0.175. The van der Waals surface area contributed by atoms with E-state index in [9.17, 15) is 9.90 Å². The van der Waals surface area contributed by atoms with Gasteiger partial charge in [0.15, 0.2) is 0 Å². The van der Waals surface area contributed by atoms with E-state index >= 15 is 0 Å². The molecule has 2 amide bonds. The van der Waals surface area contributed by atoms with Gasteiger partial charge in [-0.3, -0.25) is 0 Å². The summed E-state index contributed by atoms with van der Waals surface area (Å²) in [6, 6.07) is 7.60. The Hall–Kier alpha value is -1.79. The molecule has 0 aliphatic heterocycles. The average molecular weight is 307 g/mol. The molecule has 1 aliphatic carbocycles. The highest BCUT2D eigenvalue weighted by atomic mass is 16.5. The quantitative estimate of drug-likeness (QED) is 0.589. The second kappa shape index (κ2) is 8.00. The molecule has 6 nitrogen and oxygen atoms in total. The molecule has 0 spiro atoms. The molecule has 1 fully saturated rings. The topological polar surface area (TPSA) is 82.6 Å². The molecule has 122 valence electrons. The fraction of sp³-hybridized carbons (Fsp3) is 0.562. The van der Waals surface area contributed by atoms with Crippen LogP contribution in [0, 0.1) is 0 Å². The highest BCUT2D eigenvalue weighted by molar-refractivity contribution is 5.89. The fourth-order valence-corrected chi connectivity index (χ4v) is 1.84. The van der Waals surface area contributed by atoms with Gasteiger partial charge in [0.05, 0.1) is 0 Å². The van der Waals surface area contributed by atoms with Crippen LogP contribution >= 0.6 is 0 Å². The number of rotatable bonds is 8. The second-order valence-corrected chi connectivity index (χ2v) is 5.92. The molecule has 1 aromatic rings. The lowest BCUT2D eigenvalue weighted by Crippen LogP contribution is -2.35. The van der Waals surface area contributed by atoms with Crippen molar-refractivity contribution < 1.29 is 14.6 Å². The number of hydrogen-bond acceptors (Lipinski definition) is 4. The number of benzene rings is 1. The van der Waals surface area contributed by atoms with Gasteiger partial charge in [-0.15, -0.1) is 0 Å². The Morgan fingerprint density at radius 3 is 2.59 bits per heavy atom. The maximum atomic E-state index is 11.6. The Bertz CT molecular complexity index is 472. The van der Waals surface area contributed by atoms with Crippen molar-refractivity contribution in [2.24, 2.45) is 0 Å². The number of urea groups is 1. The average Bonchev–Trinajstić information content (AvgIpc) is 3.28. The molecule has 0 bridgehead atoms. The SMILES string of the molecule is CC(C)NCC(O)COc1ccc(NC(=O)NC2CC2)cc1. The summed E-state index contributed by atoms with van der Waals surface area (Å²) in [6.07, 6.45) is 1.58. The standard InChI is InChI=1S/C16H25N3O3/c1-11(2)17-9-14(20)10-22-15-7-5-13(6-8-15)19-16(21)18-12-3-4-12/h5-8,11-12,14,17,20H,3-4,9-10H2,1-2H3,(H2,18,19,21). The summed E-state index contributed by atoms with van der Waals surface area (Å²) >= 11 is 0. The number of nitrogens with one attached hydrogen (secondary N) is 3. The van der Waals surface area contributed by atoms with Gasteiger partial charge in [-0.25, -0.2) is 4.79 Å². The minimum atomic E-state index is -0.551. The summed E-state index contributed by atoms with van der Waals surface area (Å²) in [6.45, 7) is 4.78. The van der Waals surface area contributed by atoms with Crippen molar-refractivity contribution in [1.82, 2.24) is 10.6 Å². The van der Waals surface area contributed by atoms with Gasteiger partial charge in [0.25, 0.3) is 0 Å². The van der Waals surface area contributed by atoms with E-state index in [1.165, 1.54) is 0 Å². The Kier molecular flexibility index (Phi) is 6.03. The van der Waals surface area contributed by atoms with Crippen LogP contribution in [-0.4, -0.2) is 42.5 Å². The van der Waals surface area contributed by atoms with Crippen molar-refractivity contribution >= 4 is 11.7 Å². The monoisotopic (exact) mass is 307 g/mol. The molecule has 0 aromatic heterocycles. The number of ether oxygens (including phenoxy) is 1. The van der Waals surface area contributed by atoms with E-state index in [-0.39, 0.29) is 12.6 Å². The van der Waals surface area contributed by atoms with Crippen LogP contribution in [0.4, 0.5) is 10.5 Å². The van der Waals surface area contributed by atoms with E-state index in [0.717, 1.165) is 12.8 Å². The first-order valence-corrected chi connectivity index (χ1v) is 7.75. The van der Waals surface area contributed by atoms with Crippen LogP contribution in [0.3, 0.4) is 0 Å². The number of carbonyl (C=O) groups excluding carboxylic acids is 1. The van der Waals surface area contributed by atoms with Crippen molar-refractivity contribution in [3.8, 4) is 5.75 Å². The predicted octanol–water partition coefficient (Wildman–Crippen LogP) is 1.71. The first-order chi connectivity index (χ1) is 10.5. The molecule has 0 radical (unpaired) electrons. The summed E-state index contributed by atoms with van der Waals surface area (Å²) in [5.41, 5.74) is 0.715. The molecular weight excluding hydrogens is 282 g/mol. The normalized spacial score (nSPS) is 15.5. The number of carbonyl (C=O) groups is 1. The molecule has 1 aliphatic rings. The maximum Gasteiger partial charge on any atom is 0.319 e. The van der Waals surface area contributed by atoms with Gasteiger partial charge in [0, 0.05) is 24.3 Å². The van der Waals surface area contributed by atoms with Gasteiger partial charge >= 0.3 is 6.03 Å². The summed E-state index contributed by atoms with van der Waals surface area (Å²) in [7, 11) is 0. The maximum absolute atomic E-state index is 11.6. The Labute approximate surface area is 131 Å². The smallest absolute Gasteiger partial charge is 0.319 e. The summed E-state index contributed by atoms with van der Waals surface area (Å²) < 4.78 is 5.52. The van der Waals surface area contributed by atoms with Gasteiger partial charge in [-0.1, -0.05) is 13.8 Å². The van der Waals surface area contributed by atoms with Crippen molar-refractivity contribution in [1.29, 1.82) is 0 Å². The Balaban J connectivity index is 1.70. The molecule has 1 atom stereocenters. The van der Waals surface area contributed by atoms with Crippen LogP contribution in [0.2, 0.25) is 0 Å². The van der Waals surface area contributed by atoms with Gasteiger partial charge in [-0.05, 0) is 37.1 Å². The molecule has 0 heterocycles. The van der Waals surface area contributed by atoms with Gasteiger partial charge < -0.3 is 25.8 Å². The third-order valence-electron chi connectivity index (χ3n) is 3.23. The molecule has 4 N–H and O–H groups in total. The lowest BCUT2D eigenvalue weighted by Gasteiger charge is -2.15. The van der Waals surface area contributed by atoms with E-state index < -0.39 is 6.10 Å². The zero-order chi connectivity index (χ0) is 15.9. The number of hydrogen-bond donors (Lipinski definition) is 4. The molecule has 1 saturated carbocycles. The van der Waals surface area contributed by atoms with Crippen LogP contribution in [0.25, 0.3) is 0 Å². The lowest BCUT2D eigenvalue weighted by atomic mass is 10.3. The van der Waals surface area contributed by atoms with Crippen molar-refractivity contribution in [3.63, 3.8) is 0 Å². The molecule has 6 heteroatoms. The summed E-state index contributed by atoms with van der Waals surface area (Å²) in [5, 5.41) is 18.6. The minimum Gasteiger partial charge on any atom is -0.491 e. The fourth-order valence-electron chi connectivity index (χ4n) is 1.84. The largest absolute Gasteiger partial charge is 0.491 e. The van der Waals surface area contributed by atoms with Crippen LogP contribution in [0.15, 0.2) is 24.3 Å². The summed E-state index contributed by atoms with van der Waals surface area (Å²) in [4.78, 5) is 11.6. The van der Waals surface area contributed by atoms with Crippen LogP contribution in [-0.2, 0) is 0 Å². The molecule has 22 heavy (non-hydrogen) atoms. The van der Waals surface area contributed by atoms with Gasteiger partial charge in [0.1, 0.15) is 18.5 Å². The zero-order valence-electron chi connectivity index (χ0n) is 13.1. The summed E-state index contributed by atoms with van der Waals surface area (Å²) in [5.74, 6) is 0.664. The van der Waals surface area contributed by atoms with E-state index in [2.05, 4.69) is 16.0 Å². The highest BCUT2D eigenvalue weighted by Crippen LogP contribution is 2.19. The van der Waals surface area contributed by atoms with Crippen LogP contribution < -0.4 is 20.7 Å². The number of amides is 2. The predicted molar refractivity (Wildman–Crippen MR) is 86.3 cm³/mol. The third-order valence-corrected chi connectivity index (χ3v) is 3.23. The number of aliphatic hydroxyl groups excluding tert-OH is 1. The molecule has 1 unspecified atom stereocenters. The first-order valence-electron chi connectivity index (χ1n) is 7.75. The Morgan fingerprint density at radius 1 is 1.32 bits per heavy atom. The van der Waals surface area contributed by atoms with Crippen molar-refractivity contribution in [3.05, 3.63) is 24.3 Å². The van der Waals surface area contributed by atoms with Gasteiger partial charge in [0.2, 0.25) is 0 Å². The van der Waals surface area contributed by atoms with Crippen molar-refractivity contribution in [2.45, 2.75) is 44.9 Å². The molecular formula is C16H25N3O3. The van der Waals surface area contributed by atoms with E-state index in [1.54, 1.807) is 24.3 Å². The van der Waals surface area contributed by atoms with E-state index in [1.807, 2.05) is 13.8 Å². The van der Waals surface area contributed by atoms with Crippen LogP contribution in [0.5, 0.6) is 5.75 Å². The van der Waals surface area contributed by atoms with Gasteiger partial charge in [-0.2, -0.15) is 0 Å². The highest BCUT2D eigenvalue weighted by Gasteiger charge is 2.23. The zero-order valence-corrected chi connectivity index (χ0v) is 13.1. The number of anilines is 1. The first kappa shape index (κ1) is 16.6. The van der Waals surface area contributed by atoms with E-state index in [4.69, 9.17) is 4.74 Å². The number of aliphatic hydroxyl groups is 1. The van der Waals surface area contributed by atoms with E-state index in [0.29, 0.717) is 30.1 Å². The molecule has 0 saturated heterocycles. The second-order valence-electron chi connectivity index (χ2n) is 5.92. The molecule has 1 aromatic carbocycles. The Morgan fingerprint density at radius 2 is 2.00 bits per heavy atom.